The van der Waals surface area contributed by atoms with E-state index in [2.05, 4.69) is 0 Å². The maximum Gasteiger partial charge on any atom is 0.414 e. The molecule has 1 aromatic carbocycles. The minimum atomic E-state index is -0.703. The predicted octanol–water partition coefficient (Wildman–Crippen LogP) is -0.0833. The van der Waals surface area contributed by atoms with E-state index in [-0.39, 0.29) is 13.1 Å². The van der Waals surface area contributed by atoms with Crippen LogP contribution in [0.25, 0.3) is 0 Å². The number of rotatable bonds is 4. The van der Waals surface area contributed by atoms with E-state index in [1.165, 1.54) is 17.9 Å². The van der Waals surface area contributed by atoms with Crippen LogP contribution < -0.4 is 14.9 Å². The summed E-state index contributed by atoms with van der Waals surface area (Å²) in [7, 11) is 0. The Balaban J connectivity index is 1.70. The second kappa shape index (κ2) is 7.34. The first-order chi connectivity index (χ1) is 12.0. The molecule has 25 heavy (non-hydrogen) atoms. The molecule has 136 valence electrons. The molecule has 0 saturated carbocycles. The Morgan fingerprint density at radius 2 is 2.12 bits per heavy atom. The Hall–Kier alpha value is -2.23. The summed E-state index contributed by atoms with van der Waals surface area (Å²) in [5.74, 6) is -1.01. The number of quaternary nitrogens is 1. The molecule has 2 aliphatic heterocycles. The molecule has 1 aromatic rings. The van der Waals surface area contributed by atoms with Crippen molar-refractivity contribution in [3.63, 3.8) is 0 Å². The third kappa shape index (κ3) is 3.89. The van der Waals surface area contributed by atoms with E-state index in [4.69, 9.17) is 9.47 Å². The number of hydrogen-bond acceptors (Lipinski definition) is 6. The lowest BCUT2D eigenvalue weighted by Crippen LogP contribution is -3.10. The standard InChI is InChI=1S/C16H20FN3O5/c1-11(21)20(23)10-13-9-19(16(22)25-13)12-2-3-15(14(17)8-12)18-4-6-24-7-5-18/h2-3,8,13,20H,4-7,9-10H2,1H3/t13-/m0/s1. The molecule has 0 aromatic heterocycles. The highest BCUT2D eigenvalue weighted by Gasteiger charge is 2.35. The normalized spacial score (nSPS) is 22.0. The molecule has 1 unspecified atom stereocenters. The zero-order valence-electron chi connectivity index (χ0n) is 13.9. The number of benzene rings is 1. The van der Waals surface area contributed by atoms with E-state index in [0.29, 0.717) is 37.7 Å². The largest absolute Gasteiger partial charge is 0.627 e. The van der Waals surface area contributed by atoms with Crippen molar-refractivity contribution in [2.75, 3.05) is 49.2 Å². The van der Waals surface area contributed by atoms with E-state index in [0.717, 1.165) is 0 Å². The van der Waals surface area contributed by atoms with E-state index >= 15 is 0 Å². The summed E-state index contributed by atoms with van der Waals surface area (Å²) in [4.78, 5) is 26.2. The van der Waals surface area contributed by atoms with Crippen LogP contribution in [0.4, 0.5) is 20.6 Å². The average Bonchev–Trinajstić information content (AvgIpc) is 2.95. The van der Waals surface area contributed by atoms with Crippen LogP contribution in [0.5, 0.6) is 0 Å². The van der Waals surface area contributed by atoms with Crippen LogP contribution in [0.3, 0.4) is 0 Å². The Bertz CT molecular complexity index is 665. The molecule has 2 aliphatic rings. The van der Waals surface area contributed by atoms with E-state index in [9.17, 15) is 19.2 Å². The maximum atomic E-state index is 14.5. The van der Waals surface area contributed by atoms with Gasteiger partial charge in [-0.25, -0.2) is 14.0 Å². The van der Waals surface area contributed by atoms with Gasteiger partial charge in [-0.05, 0) is 18.2 Å². The van der Waals surface area contributed by atoms with E-state index in [1.54, 1.807) is 12.1 Å². The van der Waals surface area contributed by atoms with Gasteiger partial charge in [0.1, 0.15) is 12.4 Å². The smallest absolute Gasteiger partial charge is 0.414 e. The minimum Gasteiger partial charge on any atom is -0.627 e. The van der Waals surface area contributed by atoms with Crippen LogP contribution in [0.2, 0.25) is 0 Å². The molecule has 1 N–H and O–H groups in total. The number of nitrogens with one attached hydrogen (secondary N) is 1. The van der Waals surface area contributed by atoms with E-state index in [1.807, 2.05) is 4.90 Å². The molecular formula is C16H20FN3O5. The molecule has 0 radical (unpaired) electrons. The summed E-state index contributed by atoms with van der Waals surface area (Å²) in [6, 6.07) is 4.54. The Morgan fingerprint density at radius 3 is 2.76 bits per heavy atom. The zero-order valence-corrected chi connectivity index (χ0v) is 13.9. The fourth-order valence-electron chi connectivity index (χ4n) is 2.91. The van der Waals surface area contributed by atoms with Crippen molar-refractivity contribution >= 4 is 23.4 Å². The number of hydroxylamine groups is 2. The first-order valence-corrected chi connectivity index (χ1v) is 8.10. The van der Waals surface area contributed by atoms with Crippen molar-refractivity contribution in [2.24, 2.45) is 0 Å². The van der Waals surface area contributed by atoms with Gasteiger partial charge < -0.3 is 24.6 Å². The highest BCUT2D eigenvalue weighted by molar-refractivity contribution is 5.90. The first-order valence-electron chi connectivity index (χ1n) is 8.10. The number of cyclic esters (lactones) is 1. The average molecular weight is 353 g/mol. The van der Waals surface area contributed by atoms with Crippen molar-refractivity contribution in [3.05, 3.63) is 29.2 Å². The molecule has 2 fully saturated rings. The molecule has 9 heteroatoms. The van der Waals surface area contributed by atoms with Crippen LogP contribution in [-0.2, 0) is 14.3 Å². The monoisotopic (exact) mass is 353 g/mol. The number of carbonyl (C=O) groups is 2. The number of carbonyl (C=O) groups excluding carboxylic acids is 2. The molecule has 0 spiro atoms. The molecule has 0 bridgehead atoms. The first kappa shape index (κ1) is 17.6. The number of ether oxygens (including phenoxy) is 2. The summed E-state index contributed by atoms with van der Waals surface area (Å²) in [5, 5.41) is 10.9. The lowest BCUT2D eigenvalue weighted by molar-refractivity contribution is -0.768. The maximum absolute atomic E-state index is 14.5. The summed E-state index contributed by atoms with van der Waals surface area (Å²) < 4.78 is 24.8. The molecule has 2 saturated heterocycles. The van der Waals surface area contributed by atoms with Crippen LogP contribution in [0.1, 0.15) is 6.92 Å². The summed E-state index contributed by atoms with van der Waals surface area (Å²) in [6.45, 7) is 3.43. The van der Waals surface area contributed by atoms with Gasteiger partial charge in [-0.2, -0.15) is 0 Å². The van der Waals surface area contributed by atoms with Crippen molar-refractivity contribution in [3.8, 4) is 0 Å². The zero-order chi connectivity index (χ0) is 18.0. The van der Waals surface area contributed by atoms with Crippen molar-refractivity contribution in [1.82, 2.24) is 0 Å². The fourth-order valence-corrected chi connectivity index (χ4v) is 2.91. The van der Waals surface area contributed by atoms with Crippen LogP contribution >= 0.6 is 0 Å². The molecule has 2 amide bonds. The third-order valence-corrected chi connectivity index (χ3v) is 4.27. The van der Waals surface area contributed by atoms with Gasteiger partial charge in [-0.1, -0.05) is 0 Å². The molecule has 8 nitrogen and oxygen atoms in total. The highest BCUT2D eigenvalue weighted by atomic mass is 19.1. The second-order valence-electron chi connectivity index (χ2n) is 6.03. The Kier molecular flexibility index (Phi) is 5.16. The van der Waals surface area contributed by atoms with Crippen molar-refractivity contribution < 1.29 is 28.5 Å². The Morgan fingerprint density at radius 1 is 1.40 bits per heavy atom. The number of nitrogens with zero attached hydrogens (tertiary/aromatic N) is 2. The van der Waals surface area contributed by atoms with Gasteiger partial charge in [0.15, 0.2) is 6.10 Å². The summed E-state index contributed by atoms with van der Waals surface area (Å²) >= 11 is 0. The Labute approximate surface area is 144 Å². The van der Waals surface area contributed by atoms with Gasteiger partial charge in [-0.3, -0.25) is 4.90 Å². The number of hydrogen-bond donors (Lipinski definition) is 1. The summed E-state index contributed by atoms with van der Waals surface area (Å²) in [5.41, 5.74) is 0.820. The molecule has 3 rings (SSSR count). The van der Waals surface area contributed by atoms with Crippen LogP contribution in [0, 0.1) is 11.0 Å². The van der Waals surface area contributed by atoms with Crippen LogP contribution in [0.15, 0.2) is 18.2 Å². The van der Waals surface area contributed by atoms with Gasteiger partial charge in [0.2, 0.25) is 0 Å². The predicted molar refractivity (Wildman–Crippen MR) is 86.9 cm³/mol. The topological polar surface area (TPSA) is 86.6 Å². The van der Waals surface area contributed by atoms with Gasteiger partial charge >= 0.3 is 12.0 Å². The van der Waals surface area contributed by atoms with E-state index < -0.39 is 29.0 Å². The SMILES string of the molecule is CC(=O)[NH+]([O-])C[C@@H]1CN(c2ccc(N3CCOCC3)c(F)c2)C(=O)O1. The van der Waals surface area contributed by atoms with Gasteiger partial charge in [0.05, 0.1) is 38.1 Å². The number of halogens is 1. The lowest BCUT2D eigenvalue weighted by Gasteiger charge is -2.29. The fraction of sp³-hybridized carbons (Fsp3) is 0.500. The molecular weight excluding hydrogens is 333 g/mol. The third-order valence-electron chi connectivity index (χ3n) is 4.27. The van der Waals surface area contributed by atoms with Gasteiger partial charge in [0, 0.05) is 13.1 Å². The van der Waals surface area contributed by atoms with Gasteiger partial charge in [0.25, 0.3) is 0 Å². The number of morpholine rings is 1. The quantitative estimate of drug-likeness (QED) is 0.762. The minimum absolute atomic E-state index is 0.105. The molecule has 2 atom stereocenters. The molecule has 2 heterocycles. The van der Waals surface area contributed by atoms with Crippen molar-refractivity contribution in [2.45, 2.75) is 13.0 Å². The molecule has 0 aliphatic carbocycles. The number of amides is 2. The highest BCUT2D eigenvalue weighted by Crippen LogP contribution is 2.28. The van der Waals surface area contributed by atoms with Crippen molar-refractivity contribution in [1.29, 1.82) is 0 Å². The van der Waals surface area contributed by atoms with Gasteiger partial charge in [-0.15, -0.1) is 0 Å². The lowest BCUT2D eigenvalue weighted by atomic mass is 10.2. The van der Waals surface area contributed by atoms with Crippen LogP contribution in [-0.4, -0.2) is 57.5 Å². The second-order valence-corrected chi connectivity index (χ2v) is 6.03. The summed E-state index contributed by atoms with van der Waals surface area (Å²) in [6.07, 6.45) is -1.36. The number of anilines is 2.